The fourth-order valence-electron chi connectivity index (χ4n) is 2.93. The number of carbonyl (C=O) groups is 1. The zero-order valence-corrected chi connectivity index (χ0v) is 18.8. The molecule has 0 spiro atoms. The summed E-state index contributed by atoms with van der Waals surface area (Å²) in [5, 5.41) is 2.25. The predicted molar refractivity (Wildman–Crippen MR) is 116 cm³/mol. The molecule has 0 saturated carbocycles. The molecule has 1 aliphatic rings. The Morgan fingerprint density at radius 1 is 1.32 bits per heavy atom. The Bertz CT molecular complexity index is 1100. The number of nitrogens with zero attached hydrogens (tertiary/aromatic N) is 1. The molecule has 168 valence electrons. The highest BCUT2D eigenvalue weighted by Crippen LogP contribution is 2.39. The highest BCUT2D eigenvalue weighted by molar-refractivity contribution is 7.92. The number of carbonyl (C=O) groups excluding carboxylic acids is 1. The number of hydrogen-bond donors (Lipinski definition) is 2. The summed E-state index contributed by atoms with van der Waals surface area (Å²) in [5.74, 6) is -0.458. The number of benzene rings is 2. The van der Waals surface area contributed by atoms with Crippen LogP contribution in [0.5, 0.6) is 5.75 Å². The second-order valence-electron chi connectivity index (χ2n) is 7.90. The van der Waals surface area contributed by atoms with Crippen molar-refractivity contribution in [2.75, 3.05) is 22.7 Å². The number of fused-ring (bicyclic) bond motifs is 1. The predicted octanol–water partition coefficient (Wildman–Crippen LogP) is 3.74. The lowest BCUT2D eigenvalue weighted by molar-refractivity contribution is 0.0636. The third kappa shape index (κ3) is 5.20. The molecule has 0 bridgehead atoms. The number of sulfonamides is 1. The summed E-state index contributed by atoms with van der Waals surface area (Å²) in [6.45, 7) is 5.18. The summed E-state index contributed by atoms with van der Waals surface area (Å²) in [5.41, 5.74) is 5.51. The van der Waals surface area contributed by atoms with Crippen LogP contribution in [0.4, 0.5) is 20.6 Å². The van der Waals surface area contributed by atoms with Crippen molar-refractivity contribution in [1.29, 1.82) is 0 Å². The van der Waals surface area contributed by atoms with Gasteiger partial charge in [0, 0.05) is 12.2 Å². The van der Waals surface area contributed by atoms with Crippen molar-refractivity contribution in [3.63, 3.8) is 0 Å². The summed E-state index contributed by atoms with van der Waals surface area (Å²) in [7, 11) is -4.13. The number of anilines is 2. The number of nitrogens with one attached hydrogen (secondary N) is 1. The molecule has 0 saturated heterocycles. The maximum Gasteiger partial charge on any atom is 0.412 e. The zero-order chi connectivity index (χ0) is 23.0. The monoisotopic (exact) mass is 471 g/mol. The van der Waals surface area contributed by atoms with Gasteiger partial charge in [-0.15, -0.1) is 0 Å². The Balaban J connectivity index is 2.00. The molecule has 1 unspecified atom stereocenters. The van der Waals surface area contributed by atoms with Crippen LogP contribution in [0.1, 0.15) is 20.8 Å². The van der Waals surface area contributed by atoms with Crippen LogP contribution in [-0.2, 0) is 14.8 Å². The molecule has 3 N–H and O–H groups in total. The van der Waals surface area contributed by atoms with Crippen molar-refractivity contribution < 1.29 is 27.1 Å². The third-order valence-electron chi connectivity index (χ3n) is 4.28. The van der Waals surface area contributed by atoms with Gasteiger partial charge in [0.05, 0.1) is 22.2 Å². The van der Waals surface area contributed by atoms with E-state index >= 15 is 0 Å². The standard InChI is InChI=1S/C20H23ClFN3O5S/c1-20(2,3)30-19(26)24-12-4-7-18-17(8-12)25(11-13(10-23)29-18)31(27,28)14-5-6-16(22)15(21)9-14/h4-9,13H,10-11,23H2,1-3H3,(H,24,26). The number of halogens is 2. The second-order valence-corrected chi connectivity index (χ2v) is 10.2. The van der Waals surface area contributed by atoms with E-state index in [0.29, 0.717) is 5.69 Å². The fourth-order valence-corrected chi connectivity index (χ4v) is 4.70. The Labute approximate surface area is 185 Å². The molecule has 1 atom stereocenters. The van der Waals surface area contributed by atoms with Gasteiger partial charge >= 0.3 is 6.09 Å². The van der Waals surface area contributed by atoms with Crippen LogP contribution in [0.3, 0.4) is 0 Å². The lowest BCUT2D eigenvalue weighted by Gasteiger charge is -2.35. The van der Waals surface area contributed by atoms with Gasteiger partial charge in [0.1, 0.15) is 23.3 Å². The summed E-state index contributed by atoms with van der Waals surface area (Å²) in [6.07, 6.45) is -1.29. The maximum atomic E-state index is 13.5. The molecule has 31 heavy (non-hydrogen) atoms. The number of ether oxygens (including phenoxy) is 2. The van der Waals surface area contributed by atoms with Crippen molar-refractivity contribution in [2.45, 2.75) is 37.4 Å². The molecule has 1 amide bonds. The fraction of sp³-hybridized carbons (Fsp3) is 0.350. The summed E-state index contributed by atoms with van der Waals surface area (Å²) < 4.78 is 52.3. The lowest BCUT2D eigenvalue weighted by Crippen LogP contribution is -2.46. The van der Waals surface area contributed by atoms with Gasteiger partial charge < -0.3 is 15.2 Å². The molecule has 8 nitrogen and oxygen atoms in total. The van der Waals surface area contributed by atoms with Crippen LogP contribution in [0.15, 0.2) is 41.3 Å². The quantitative estimate of drug-likeness (QED) is 0.702. The molecule has 2 aromatic carbocycles. The smallest absolute Gasteiger partial charge is 0.412 e. The van der Waals surface area contributed by atoms with E-state index in [-0.39, 0.29) is 34.4 Å². The summed E-state index contributed by atoms with van der Waals surface area (Å²) in [4.78, 5) is 11.9. The molecule has 1 heterocycles. The van der Waals surface area contributed by atoms with Crippen LogP contribution < -0.4 is 20.1 Å². The van der Waals surface area contributed by atoms with Gasteiger partial charge in [-0.25, -0.2) is 17.6 Å². The van der Waals surface area contributed by atoms with Crippen LogP contribution in [0, 0.1) is 5.82 Å². The van der Waals surface area contributed by atoms with Gasteiger partial charge in [-0.3, -0.25) is 9.62 Å². The third-order valence-corrected chi connectivity index (χ3v) is 6.34. The first-order valence-corrected chi connectivity index (χ1v) is 11.2. The molecule has 11 heteroatoms. The average molecular weight is 472 g/mol. The van der Waals surface area contributed by atoms with E-state index in [0.717, 1.165) is 22.5 Å². The van der Waals surface area contributed by atoms with Crippen molar-refractivity contribution in [2.24, 2.45) is 5.73 Å². The van der Waals surface area contributed by atoms with E-state index in [1.54, 1.807) is 26.8 Å². The van der Waals surface area contributed by atoms with E-state index in [1.807, 2.05) is 0 Å². The molecule has 0 aromatic heterocycles. The molecular weight excluding hydrogens is 449 g/mol. The second kappa shape index (κ2) is 8.52. The van der Waals surface area contributed by atoms with Crippen LogP contribution >= 0.6 is 11.6 Å². The highest BCUT2D eigenvalue weighted by Gasteiger charge is 2.35. The lowest BCUT2D eigenvalue weighted by atomic mass is 10.2. The van der Waals surface area contributed by atoms with Gasteiger partial charge in [-0.2, -0.15) is 0 Å². The number of rotatable bonds is 4. The minimum Gasteiger partial charge on any atom is -0.485 e. The van der Waals surface area contributed by atoms with Gasteiger partial charge in [0.25, 0.3) is 10.0 Å². The van der Waals surface area contributed by atoms with Crippen molar-refractivity contribution in [1.82, 2.24) is 0 Å². The molecular formula is C20H23ClFN3O5S. The van der Waals surface area contributed by atoms with Gasteiger partial charge in [-0.05, 0) is 57.2 Å². The Morgan fingerprint density at radius 3 is 2.65 bits per heavy atom. The molecule has 0 fully saturated rings. The average Bonchev–Trinajstić information content (AvgIpc) is 2.67. The minimum absolute atomic E-state index is 0.0727. The first-order chi connectivity index (χ1) is 14.4. The molecule has 1 aliphatic heterocycles. The van der Waals surface area contributed by atoms with Crippen LogP contribution in [0.2, 0.25) is 5.02 Å². The number of nitrogens with two attached hydrogens (primary N) is 1. The maximum absolute atomic E-state index is 13.5. The summed E-state index contributed by atoms with van der Waals surface area (Å²) in [6, 6.07) is 7.70. The minimum atomic E-state index is -4.13. The first-order valence-electron chi connectivity index (χ1n) is 9.39. The Kier molecular flexibility index (Phi) is 6.35. The van der Waals surface area contributed by atoms with E-state index in [1.165, 1.54) is 12.1 Å². The summed E-state index contributed by atoms with van der Waals surface area (Å²) >= 11 is 5.79. The SMILES string of the molecule is CC(C)(C)OC(=O)Nc1ccc2c(c1)N(S(=O)(=O)c1ccc(F)c(Cl)c1)CC(CN)O2. The van der Waals surface area contributed by atoms with Gasteiger partial charge in [0.15, 0.2) is 0 Å². The zero-order valence-electron chi connectivity index (χ0n) is 17.2. The van der Waals surface area contributed by atoms with Crippen LogP contribution in [0.25, 0.3) is 0 Å². The van der Waals surface area contributed by atoms with Crippen molar-refractivity contribution >= 4 is 39.1 Å². The van der Waals surface area contributed by atoms with Crippen molar-refractivity contribution in [3.8, 4) is 5.75 Å². The number of hydrogen-bond acceptors (Lipinski definition) is 6. The largest absolute Gasteiger partial charge is 0.485 e. The van der Waals surface area contributed by atoms with E-state index < -0.39 is 33.6 Å². The normalized spacial score (nSPS) is 16.3. The van der Waals surface area contributed by atoms with Gasteiger partial charge in [-0.1, -0.05) is 11.6 Å². The Hall–Kier alpha value is -2.56. The first kappa shape index (κ1) is 23.1. The molecule has 2 aromatic rings. The topological polar surface area (TPSA) is 111 Å². The van der Waals surface area contributed by atoms with E-state index in [9.17, 15) is 17.6 Å². The van der Waals surface area contributed by atoms with Crippen molar-refractivity contribution in [3.05, 3.63) is 47.2 Å². The highest BCUT2D eigenvalue weighted by atomic mass is 35.5. The van der Waals surface area contributed by atoms with E-state index in [4.69, 9.17) is 26.8 Å². The molecule has 0 aliphatic carbocycles. The number of amides is 1. The Morgan fingerprint density at radius 2 is 2.03 bits per heavy atom. The van der Waals surface area contributed by atoms with Crippen LogP contribution in [-0.4, -0.2) is 39.3 Å². The molecule has 3 rings (SSSR count). The van der Waals surface area contributed by atoms with Gasteiger partial charge in [0.2, 0.25) is 0 Å². The van der Waals surface area contributed by atoms with E-state index in [2.05, 4.69) is 5.32 Å². The molecule has 0 radical (unpaired) electrons.